The first-order valence-electron chi connectivity index (χ1n) is 11.1. The van der Waals surface area contributed by atoms with Gasteiger partial charge in [0.2, 0.25) is 0 Å². The van der Waals surface area contributed by atoms with Gasteiger partial charge in [-0.15, -0.1) is 0 Å². The highest BCUT2D eigenvalue weighted by molar-refractivity contribution is 6.33. The Labute approximate surface area is 204 Å². The van der Waals surface area contributed by atoms with Crippen LogP contribution in [0.15, 0.2) is 36.4 Å². The molecule has 1 unspecified atom stereocenters. The molecular formula is C25H25ClF6O3. The summed E-state index contributed by atoms with van der Waals surface area (Å²) in [5.74, 6) is -1.59. The lowest BCUT2D eigenvalue weighted by molar-refractivity contribution is -0.153. The molecule has 0 spiro atoms. The van der Waals surface area contributed by atoms with Crippen LogP contribution in [0.2, 0.25) is 5.02 Å². The van der Waals surface area contributed by atoms with Crippen LogP contribution < -0.4 is 4.74 Å². The largest absolute Gasteiger partial charge is 0.482 e. The summed E-state index contributed by atoms with van der Waals surface area (Å²) >= 11 is 6.19. The Morgan fingerprint density at radius 1 is 1.09 bits per heavy atom. The number of ether oxygens (including phenoxy) is 2. The summed E-state index contributed by atoms with van der Waals surface area (Å²) in [6.45, 7) is 1.03. The van der Waals surface area contributed by atoms with Gasteiger partial charge < -0.3 is 9.47 Å². The quantitative estimate of drug-likeness (QED) is 0.260. The van der Waals surface area contributed by atoms with E-state index < -0.39 is 52.2 Å². The summed E-state index contributed by atoms with van der Waals surface area (Å²) in [6, 6.07) is 8.89. The summed E-state index contributed by atoms with van der Waals surface area (Å²) in [6.07, 6.45) is -7.40. The molecular weight excluding hydrogens is 498 g/mol. The van der Waals surface area contributed by atoms with Crippen molar-refractivity contribution in [2.75, 3.05) is 13.2 Å². The van der Waals surface area contributed by atoms with Crippen LogP contribution >= 0.6 is 11.6 Å². The Hall–Kier alpha value is -2.42. The Balaban J connectivity index is 2.33. The van der Waals surface area contributed by atoms with Crippen molar-refractivity contribution in [3.8, 4) is 16.9 Å². The molecule has 0 heterocycles. The van der Waals surface area contributed by atoms with Gasteiger partial charge in [0.05, 0.1) is 22.6 Å². The number of esters is 1. The highest BCUT2D eigenvalue weighted by atomic mass is 35.5. The minimum Gasteiger partial charge on any atom is -0.482 e. The molecule has 1 atom stereocenters. The molecule has 10 heteroatoms. The second-order valence-electron chi connectivity index (χ2n) is 8.81. The van der Waals surface area contributed by atoms with Crippen LogP contribution in [-0.2, 0) is 21.1 Å². The number of hydrogen-bond acceptors (Lipinski definition) is 3. The smallest absolute Gasteiger partial charge is 0.422 e. The molecule has 2 aromatic rings. The average molecular weight is 523 g/mol. The van der Waals surface area contributed by atoms with Crippen molar-refractivity contribution in [2.45, 2.75) is 57.3 Å². The fraction of sp³-hybridized carbons (Fsp3) is 0.480. The molecule has 0 amide bonds. The third-order valence-electron chi connectivity index (χ3n) is 6.21. The first kappa shape index (κ1) is 27.2. The van der Waals surface area contributed by atoms with E-state index in [9.17, 15) is 31.1 Å². The maximum Gasteiger partial charge on any atom is 0.422 e. The van der Waals surface area contributed by atoms with Gasteiger partial charge in [0, 0.05) is 5.56 Å². The first-order chi connectivity index (χ1) is 16.3. The number of carbonyl (C=O) groups excluding carboxylic acids is 1. The van der Waals surface area contributed by atoms with E-state index >= 15 is 0 Å². The number of alkyl halides is 6. The Kier molecular flexibility index (Phi) is 7.99. The third-order valence-corrected chi connectivity index (χ3v) is 6.57. The van der Waals surface area contributed by atoms with E-state index in [1.165, 1.54) is 19.1 Å². The molecule has 1 aliphatic carbocycles. The molecule has 0 bridgehead atoms. The van der Waals surface area contributed by atoms with Crippen molar-refractivity contribution < 1.29 is 40.6 Å². The maximum atomic E-state index is 14.4. The number of rotatable bonds is 8. The number of carbonyl (C=O) groups is 1. The van der Waals surface area contributed by atoms with E-state index in [1.807, 2.05) is 0 Å². The van der Waals surface area contributed by atoms with Gasteiger partial charge in [0.15, 0.2) is 6.61 Å². The van der Waals surface area contributed by atoms with Crippen LogP contribution in [0.25, 0.3) is 11.1 Å². The number of hydrogen-bond donors (Lipinski definition) is 0. The van der Waals surface area contributed by atoms with Crippen molar-refractivity contribution in [2.24, 2.45) is 5.92 Å². The van der Waals surface area contributed by atoms with Crippen LogP contribution in [-0.4, -0.2) is 25.4 Å². The summed E-state index contributed by atoms with van der Waals surface area (Å²) < 4.78 is 92.0. The molecule has 0 aromatic heterocycles. The topological polar surface area (TPSA) is 35.5 Å². The van der Waals surface area contributed by atoms with E-state index in [0.717, 1.165) is 25.3 Å². The molecule has 1 fully saturated rings. The monoisotopic (exact) mass is 522 g/mol. The lowest BCUT2D eigenvalue weighted by atomic mass is 9.68. The normalized spacial score (nSPS) is 16.4. The van der Waals surface area contributed by atoms with Crippen molar-refractivity contribution in [1.29, 1.82) is 0 Å². The average Bonchev–Trinajstić information content (AvgIpc) is 2.73. The van der Waals surface area contributed by atoms with E-state index in [4.69, 9.17) is 21.1 Å². The van der Waals surface area contributed by atoms with Gasteiger partial charge >= 0.3 is 18.3 Å². The van der Waals surface area contributed by atoms with Crippen LogP contribution in [0.4, 0.5) is 26.3 Å². The van der Waals surface area contributed by atoms with Crippen LogP contribution in [0, 0.1) is 5.92 Å². The molecule has 3 nitrogen and oxygen atoms in total. The number of halogens is 7. The second-order valence-corrected chi connectivity index (χ2v) is 9.19. The molecule has 192 valence electrons. The summed E-state index contributed by atoms with van der Waals surface area (Å²) in [5.41, 5.74) is -3.37. The molecule has 35 heavy (non-hydrogen) atoms. The Bertz CT molecular complexity index is 1050. The maximum absolute atomic E-state index is 14.4. The van der Waals surface area contributed by atoms with Crippen molar-refractivity contribution in [1.82, 2.24) is 0 Å². The van der Waals surface area contributed by atoms with Gasteiger partial charge in [0.25, 0.3) is 0 Å². The first-order valence-corrected chi connectivity index (χ1v) is 11.5. The van der Waals surface area contributed by atoms with Crippen LogP contribution in [0.5, 0.6) is 5.75 Å². The fourth-order valence-corrected chi connectivity index (χ4v) is 4.70. The van der Waals surface area contributed by atoms with Crippen LogP contribution in [0.1, 0.15) is 50.7 Å². The minimum atomic E-state index is -5.08. The zero-order chi connectivity index (χ0) is 26.0. The zero-order valence-corrected chi connectivity index (χ0v) is 19.9. The van der Waals surface area contributed by atoms with E-state index in [-0.39, 0.29) is 30.1 Å². The molecule has 0 aliphatic heterocycles. The molecule has 0 saturated heterocycles. The van der Waals surface area contributed by atoms with E-state index in [0.29, 0.717) is 0 Å². The minimum absolute atomic E-state index is 0.00518. The summed E-state index contributed by atoms with van der Waals surface area (Å²) in [5, 5.41) is -1.03. The van der Waals surface area contributed by atoms with Crippen molar-refractivity contribution >= 4 is 17.6 Å². The summed E-state index contributed by atoms with van der Waals surface area (Å²) in [7, 11) is 0. The predicted octanol–water partition coefficient (Wildman–Crippen LogP) is 7.98. The third kappa shape index (κ3) is 6.05. The van der Waals surface area contributed by atoms with Gasteiger partial charge in [-0.25, -0.2) is 0 Å². The number of benzene rings is 2. The Morgan fingerprint density at radius 2 is 1.71 bits per heavy atom. The molecule has 3 rings (SSSR count). The van der Waals surface area contributed by atoms with E-state index in [2.05, 4.69) is 0 Å². The highest BCUT2D eigenvalue weighted by Gasteiger charge is 2.49. The highest BCUT2D eigenvalue weighted by Crippen LogP contribution is 2.52. The van der Waals surface area contributed by atoms with Gasteiger partial charge in [-0.2, -0.15) is 26.3 Å². The second kappa shape index (κ2) is 10.3. The molecule has 0 radical (unpaired) electrons. The van der Waals surface area contributed by atoms with Crippen molar-refractivity contribution in [3.05, 3.63) is 52.5 Å². The molecule has 0 N–H and O–H groups in total. The van der Waals surface area contributed by atoms with Gasteiger partial charge in [-0.05, 0) is 43.4 Å². The predicted molar refractivity (Wildman–Crippen MR) is 119 cm³/mol. The molecule has 1 saturated carbocycles. The Morgan fingerprint density at radius 3 is 2.20 bits per heavy atom. The standard InChI is InChI=1S/C25H25ClF6O3/c1-3-34-22(33)23(2,13-15-8-7-9-15)18-12-17(16-10-5-4-6-11-16)21(35-14-24(27,28)29)20(26)19(18)25(30,31)32/h4-6,10-12,15H,3,7-9,13-14H2,1-2H3. The molecule has 2 aromatic carbocycles. The molecule has 1 aliphatic rings. The van der Waals surface area contributed by atoms with Gasteiger partial charge in [-0.1, -0.05) is 61.2 Å². The fourth-order valence-electron chi connectivity index (χ4n) is 4.34. The van der Waals surface area contributed by atoms with Gasteiger partial charge in [-0.3, -0.25) is 4.79 Å². The zero-order valence-electron chi connectivity index (χ0n) is 19.2. The van der Waals surface area contributed by atoms with Crippen LogP contribution in [0.3, 0.4) is 0 Å². The van der Waals surface area contributed by atoms with Gasteiger partial charge in [0.1, 0.15) is 5.75 Å². The lowest BCUT2D eigenvalue weighted by Gasteiger charge is -2.37. The SMILES string of the molecule is CCOC(=O)C(C)(CC1CCC1)c1cc(-c2ccccc2)c(OCC(F)(F)F)c(Cl)c1C(F)(F)F. The lowest BCUT2D eigenvalue weighted by Crippen LogP contribution is -2.40. The van der Waals surface area contributed by atoms with Crippen molar-refractivity contribution in [3.63, 3.8) is 0 Å². The summed E-state index contributed by atoms with van der Waals surface area (Å²) in [4.78, 5) is 13.1. The van der Waals surface area contributed by atoms with E-state index in [1.54, 1.807) is 25.1 Å².